The van der Waals surface area contributed by atoms with Crippen molar-refractivity contribution in [1.29, 1.82) is 0 Å². The standard InChI is InChI=1S/C10H10ClN3/c11-7-13-5-6-14-9-4-2-1-3-8(9)12-10(13)14/h1-4H,5-7H2. The highest BCUT2D eigenvalue weighted by atomic mass is 35.5. The van der Waals surface area contributed by atoms with E-state index < -0.39 is 0 Å². The van der Waals surface area contributed by atoms with Gasteiger partial charge < -0.3 is 9.47 Å². The largest absolute Gasteiger partial charge is 0.327 e. The first-order valence-corrected chi connectivity index (χ1v) is 5.20. The maximum Gasteiger partial charge on any atom is 0.207 e. The molecule has 1 aromatic heterocycles. The maximum absolute atomic E-state index is 5.84. The topological polar surface area (TPSA) is 21.1 Å². The van der Waals surface area contributed by atoms with Crippen LogP contribution in [0, 0.1) is 0 Å². The molecule has 0 atom stereocenters. The average Bonchev–Trinajstić information content (AvgIpc) is 2.75. The number of para-hydroxylation sites is 2. The van der Waals surface area contributed by atoms with Crippen LogP contribution in [0.4, 0.5) is 5.95 Å². The van der Waals surface area contributed by atoms with Crippen LogP contribution in [-0.2, 0) is 6.54 Å². The number of alkyl halides is 1. The number of fused-ring (bicyclic) bond motifs is 3. The molecular weight excluding hydrogens is 198 g/mol. The van der Waals surface area contributed by atoms with Crippen LogP contribution in [0.3, 0.4) is 0 Å². The Bertz CT molecular complexity index is 477. The fraction of sp³-hybridized carbons (Fsp3) is 0.300. The van der Waals surface area contributed by atoms with Gasteiger partial charge in [-0.15, -0.1) is 11.6 Å². The highest BCUT2D eigenvalue weighted by Crippen LogP contribution is 2.26. The van der Waals surface area contributed by atoms with Crippen LogP contribution in [0.25, 0.3) is 11.0 Å². The molecular formula is C10H10ClN3. The maximum atomic E-state index is 5.84. The summed E-state index contributed by atoms with van der Waals surface area (Å²) in [5.74, 6) is 1.00. The fourth-order valence-electron chi connectivity index (χ4n) is 1.96. The molecule has 0 unspecified atom stereocenters. The van der Waals surface area contributed by atoms with Gasteiger partial charge in [-0.2, -0.15) is 0 Å². The Morgan fingerprint density at radius 3 is 3.00 bits per heavy atom. The highest BCUT2D eigenvalue weighted by molar-refractivity contribution is 6.19. The van der Waals surface area contributed by atoms with Crippen molar-refractivity contribution in [1.82, 2.24) is 9.55 Å². The van der Waals surface area contributed by atoms with Gasteiger partial charge in [-0.05, 0) is 12.1 Å². The Kier molecular flexibility index (Phi) is 1.67. The van der Waals surface area contributed by atoms with Crippen LogP contribution in [0.1, 0.15) is 0 Å². The molecule has 1 aliphatic heterocycles. The summed E-state index contributed by atoms with van der Waals surface area (Å²) < 4.78 is 2.22. The molecule has 0 spiro atoms. The van der Waals surface area contributed by atoms with Gasteiger partial charge in [-0.3, -0.25) is 0 Å². The molecule has 3 nitrogen and oxygen atoms in total. The molecule has 0 N–H and O–H groups in total. The Morgan fingerprint density at radius 1 is 1.29 bits per heavy atom. The lowest BCUT2D eigenvalue weighted by Crippen LogP contribution is -2.18. The van der Waals surface area contributed by atoms with Crippen molar-refractivity contribution in [2.45, 2.75) is 6.54 Å². The van der Waals surface area contributed by atoms with Crippen molar-refractivity contribution in [3.8, 4) is 0 Å². The zero-order chi connectivity index (χ0) is 9.54. The lowest BCUT2D eigenvalue weighted by atomic mass is 10.3. The Morgan fingerprint density at radius 2 is 2.14 bits per heavy atom. The first kappa shape index (κ1) is 8.12. The lowest BCUT2D eigenvalue weighted by Gasteiger charge is -2.09. The van der Waals surface area contributed by atoms with E-state index >= 15 is 0 Å². The van der Waals surface area contributed by atoms with Crippen LogP contribution < -0.4 is 4.90 Å². The van der Waals surface area contributed by atoms with E-state index in [2.05, 4.69) is 20.5 Å². The first-order chi connectivity index (χ1) is 6.90. The smallest absolute Gasteiger partial charge is 0.207 e. The number of benzene rings is 1. The van der Waals surface area contributed by atoms with Gasteiger partial charge in [0.05, 0.1) is 17.0 Å². The highest BCUT2D eigenvalue weighted by Gasteiger charge is 2.21. The predicted octanol–water partition coefficient (Wildman–Crippen LogP) is 2.05. The molecule has 2 heterocycles. The van der Waals surface area contributed by atoms with E-state index in [4.69, 9.17) is 11.6 Å². The minimum absolute atomic E-state index is 0.517. The number of hydrogen-bond donors (Lipinski definition) is 0. The van der Waals surface area contributed by atoms with Gasteiger partial charge in [0.1, 0.15) is 0 Å². The molecule has 0 aliphatic carbocycles. The summed E-state index contributed by atoms with van der Waals surface area (Å²) >= 11 is 5.84. The number of halogens is 1. The van der Waals surface area contributed by atoms with Crippen LogP contribution in [0.5, 0.6) is 0 Å². The van der Waals surface area contributed by atoms with E-state index in [0.717, 1.165) is 24.6 Å². The minimum atomic E-state index is 0.517. The molecule has 0 saturated heterocycles. The van der Waals surface area contributed by atoms with Crippen molar-refractivity contribution in [3.05, 3.63) is 24.3 Å². The number of anilines is 1. The Balaban J connectivity index is 2.26. The van der Waals surface area contributed by atoms with Crippen molar-refractivity contribution in [2.75, 3.05) is 17.4 Å². The molecule has 3 rings (SSSR count). The molecule has 1 aliphatic rings. The second-order valence-electron chi connectivity index (χ2n) is 3.44. The Hall–Kier alpha value is -1.22. The fourth-order valence-corrected chi connectivity index (χ4v) is 2.19. The summed E-state index contributed by atoms with van der Waals surface area (Å²) in [5, 5.41) is 0. The quantitative estimate of drug-likeness (QED) is 0.527. The molecule has 1 aromatic carbocycles. The monoisotopic (exact) mass is 207 g/mol. The third kappa shape index (κ3) is 0.960. The predicted molar refractivity (Wildman–Crippen MR) is 57.8 cm³/mol. The summed E-state index contributed by atoms with van der Waals surface area (Å²) in [6.45, 7) is 1.96. The van der Waals surface area contributed by atoms with Crippen molar-refractivity contribution in [2.24, 2.45) is 0 Å². The molecule has 0 fully saturated rings. The molecule has 0 radical (unpaired) electrons. The number of nitrogens with zero attached hydrogens (tertiary/aromatic N) is 3. The van der Waals surface area contributed by atoms with Gasteiger partial charge in [-0.1, -0.05) is 12.1 Å². The molecule has 2 aromatic rings. The van der Waals surface area contributed by atoms with Gasteiger partial charge in [0, 0.05) is 13.1 Å². The summed E-state index contributed by atoms with van der Waals surface area (Å²) in [4.78, 5) is 6.63. The normalized spacial score (nSPS) is 15.1. The number of hydrogen-bond acceptors (Lipinski definition) is 2. The van der Waals surface area contributed by atoms with E-state index in [9.17, 15) is 0 Å². The summed E-state index contributed by atoms with van der Waals surface area (Å²) in [6.07, 6.45) is 0. The summed E-state index contributed by atoms with van der Waals surface area (Å²) in [7, 11) is 0. The van der Waals surface area contributed by atoms with E-state index in [1.165, 1.54) is 5.52 Å². The average molecular weight is 208 g/mol. The van der Waals surface area contributed by atoms with Crippen molar-refractivity contribution >= 4 is 28.6 Å². The zero-order valence-electron chi connectivity index (χ0n) is 7.65. The third-order valence-electron chi connectivity index (χ3n) is 2.66. The van der Waals surface area contributed by atoms with E-state index in [1.54, 1.807) is 0 Å². The number of rotatable bonds is 1. The van der Waals surface area contributed by atoms with E-state index in [1.807, 2.05) is 18.2 Å². The van der Waals surface area contributed by atoms with Crippen LogP contribution in [-0.4, -0.2) is 22.1 Å². The van der Waals surface area contributed by atoms with Gasteiger partial charge in [0.25, 0.3) is 0 Å². The SMILES string of the molecule is ClCN1CCn2c1nc1ccccc12. The van der Waals surface area contributed by atoms with Gasteiger partial charge in [0.15, 0.2) is 0 Å². The Labute approximate surface area is 86.9 Å². The van der Waals surface area contributed by atoms with Crippen molar-refractivity contribution in [3.63, 3.8) is 0 Å². The minimum Gasteiger partial charge on any atom is -0.327 e. The molecule has 14 heavy (non-hydrogen) atoms. The number of aromatic nitrogens is 2. The lowest BCUT2D eigenvalue weighted by molar-refractivity contribution is 0.814. The van der Waals surface area contributed by atoms with Crippen LogP contribution >= 0.6 is 11.6 Å². The number of imidazole rings is 1. The van der Waals surface area contributed by atoms with E-state index in [-0.39, 0.29) is 0 Å². The van der Waals surface area contributed by atoms with Crippen LogP contribution in [0.2, 0.25) is 0 Å². The molecule has 0 saturated carbocycles. The second kappa shape index (κ2) is 2.89. The van der Waals surface area contributed by atoms with E-state index in [0.29, 0.717) is 6.00 Å². The second-order valence-corrected chi connectivity index (χ2v) is 3.67. The molecule has 72 valence electrons. The molecule has 0 bridgehead atoms. The van der Waals surface area contributed by atoms with Gasteiger partial charge in [-0.25, -0.2) is 4.98 Å². The molecule has 4 heteroatoms. The van der Waals surface area contributed by atoms with Gasteiger partial charge in [0.2, 0.25) is 5.95 Å². The summed E-state index contributed by atoms with van der Waals surface area (Å²) in [5.41, 5.74) is 2.26. The van der Waals surface area contributed by atoms with Gasteiger partial charge >= 0.3 is 0 Å². The summed E-state index contributed by atoms with van der Waals surface area (Å²) in [6, 6.07) is 8.71. The van der Waals surface area contributed by atoms with Crippen LogP contribution in [0.15, 0.2) is 24.3 Å². The first-order valence-electron chi connectivity index (χ1n) is 4.66. The zero-order valence-corrected chi connectivity index (χ0v) is 8.41. The van der Waals surface area contributed by atoms with Crippen molar-refractivity contribution < 1.29 is 0 Å². The third-order valence-corrected chi connectivity index (χ3v) is 2.94. The molecule has 0 amide bonds.